The lowest BCUT2D eigenvalue weighted by Gasteiger charge is -2.09. The number of thioether (sulfide) groups is 1. The van der Waals surface area contributed by atoms with Gasteiger partial charge in [-0.1, -0.05) is 29.4 Å². The smallest absolute Gasteiger partial charge is 0.226 e. The van der Waals surface area contributed by atoms with Crippen LogP contribution in [0.2, 0.25) is 5.02 Å². The number of anilines is 1. The molecule has 6 nitrogen and oxygen atoms in total. The molecule has 0 aliphatic carbocycles. The van der Waals surface area contributed by atoms with Crippen LogP contribution in [0, 0.1) is 5.82 Å². The molecule has 4 aromatic rings. The van der Waals surface area contributed by atoms with E-state index >= 15 is 0 Å². The minimum Gasteiger partial charge on any atom is -0.488 e. The highest BCUT2D eigenvalue weighted by Gasteiger charge is 2.11. The Morgan fingerprint density at radius 3 is 2.56 bits per heavy atom. The van der Waals surface area contributed by atoms with E-state index in [1.54, 1.807) is 30.5 Å². The van der Waals surface area contributed by atoms with Crippen molar-refractivity contribution in [3.05, 3.63) is 77.4 Å². The molecular formula is C23H19ClFN3O3S. The first-order valence-corrected chi connectivity index (χ1v) is 11.0. The van der Waals surface area contributed by atoms with E-state index < -0.39 is 5.82 Å². The molecular weight excluding hydrogens is 453 g/mol. The fourth-order valence-corrected chi connectivity index (χ4v) is 3.90. The van der Waals surface area contributed by atoms with E-state index in [1.807, 2.05) is 18.2 Å². The summed E-state index contributed by atoms with van der Waals surface area (Å²) in [7, 11) is 0. The van der Waals surface area contributed by atoms with Crippen LogP contribution in [0.5, 0.6) is 5.75 Å². The SMILES string of the molecule is Nc1cc(-c2ccc(OCCO)c(F)c2)cc(SCc2coc(-c3ccc(Cl)cc3)n2)n1. The molecule has 0 spiro atoms. The van der Waals surface area contributed by atoms with Gasteiger partial charge in [0.2, 0.25) is 5.89 Å². The second-order valence-corrected chi connectivity index (χ2v) is 8.21. The third-order valence-electron chi connectivity index (χ3n) is 4.45. The summed E-state index contributed by atoms with van der Waals surface area (Å²) in [6, 6.07) is 15.4. The molecule has 0 fully saturated rings. The molecule has 0 aliphatic rings. The molecule has 0 aliphatic heterocycles. The number of nitrogen functional groups attached to an aromatic ring is 1. The van der Waals surface area contributed by atoms with Gasteiger partial charge in [0, 0.05) is 16.3 Å². The molecule has 0 amide bonds. The van der Waals surface area contributed by atoms with Gasteiger partial charge in [-0.2, -0.15) is 0 Å². The molecule has 3 N–H and O–H groups in total. The maximum atomic E-state index is 14.3. The molecule has 0 saturated heterocycles. The summed E-state index contributed by atoms with van der Waals surface area (Å²) in [5, 5.41) is 10.2. The minimum atomic E-state index is -0.516. The minimum absolute atomic E-state index is 0.0288. The number of aromatic nitrogens is 2. The maximum absolute atomic E-state index is 14.3. The highest BCUT2D eigenvalue weighted by molar-refractivity contribution is 7.98. The zero-order valence-electron chi connectivity index (χ0n) is 16.8. The topological polar surface area (TPSA) is 94.4 Å². The van der Waals surface area contributed by atoms with Gasteiger partial charge in [-0.25, -0.2) is 14.4 Å². The van der Waals surface area contributed by atoms with E-state index in [9.17, 15) is 4.39 Å². The summed E-state index contributed by atoms with van der Waals surface area (Å²) < 4.78 is 25.0. The van der Waals surface area contributed by atoms with Gasteiger partial charge in [0.25, 0.3) is 0 Å². The van der Waals surface area contributed by atoms with Crippen LogP contribution in [0.1, 0.15) is 5.69 Å². The average Bonchev–Trinajstić information content (AvgIpc) is 3.26. The molecule has 0 atom stereocenters. The van der Waals surface area contributed by atoms with E-state index in [0.29, 0.717) is 33.1 Å². The first-order chi connectivity index (χ1) is 15.5. The van der Waals surface area contributed by atoms with E-state index in [2.05, 4.69) is 9.97 Å². The van der Waals surface area contributed by atoms with Crippen molar-refractivity contribution in [2.45, 2.75) is 10.8 Å². The second kappa shape index (κ2) is 10.0. The van der Waals surface area contributed by atoms with Crippen molar-refractivity contribution < 1.29 is 18.7 Å². The Hall–Kier alpha value is -3.07. The Labute approximate surface area is 193 Å². The number of aliphatic hydroxyl groups excluding tert-OH is 1. The molecule has 0 radical (unpaired) electrons. The van der Waals surface area contributed by atoms with Crippen LogP contribution in [-0.4, -0.2) is 28.3 Å². The first-order valence-electron chi connectivity index (χ1n) is 9.66. The summed E-state index contributed by atoms with van der Waals surface area (Å²) in [5.74, 6) is 0.931. The van der Waals surface area contributed by atoms with Crippen LogP contribution in [0.25, 0.3) is 22.6 Å². The molecule has 164 valence electrons. The van der Waals surface area contributed by atoms with Crippen LogP contribution in [0.3, 0.4) is 0 Å². The Morgan fingerprint density at radius 2 is 1.81 bits per heavy atom. The van der Waals surface area contributed by atoms with E-state index in [1.165, 1.54) is 23.9 Å². The maximum Gasteiger partial charge on any atom is 0.226 e. The highest BCUT2D eigenvalue weighted by atomic mass is 35.5. The van der Waals surface area contributed by atoms with Crippen molar-refractivity contribution in [1.82, 2.24) is 9.97 Å². The summed E-state index contributed by atoms with van der Waals surface area (Å²) in [6.07, 6.45) is 1.60. The highest BCUT2D eigenvalue weighted by Crippen LogP contribution is 2.31. The Kier molecular flexibility index (Phi) is 6.94. The number of nitrogens with two attached hydrogens (primary N) is 1. The molecule has 0 unspecified atom stereocenters. The van der Waals surface area contributed by atoms with Gasteiger partial charge < -0.3 is 20.0 Å². The summed E-state index contributed by atoms with van der Waals surface area (Å²) >= 11 is 7.37. The lowest BCUT2D eigenvalue weighted by atomic mass is 10.1. The lowest BCUT2D eigenvalue weighted by molar-refractivity contribution is 0.196. The number of hydrogen-bond acceptors (Lipinski definition) is 7. The van der Waals surface area contributed by atoms with Gasteiger partial charge in [0.15, 0.2) is 11.6 Å². The number of halogens is 2. The lowest BCUT2D eigenvalue weighted by Crippen LogP contribution is -2.03. The van der Waals surface area contributed by atoms with Crippen LogP contribution in [0.4, 0.5) is 10.2 Å². The zero-order chi connectivity index (χ0) is 22.5. The summed E-state index contributed by atoms with van der Waals surface area (Å²) in [4.78, 5) is 8.85. The Morgan fingerprint density at radius 1 is 1.03 bits per heavy atom. The van der Waals surface area contributed by atoms with Crippen LogP contribution >= 0.6 is 23.4 Å². The van der Waals surface area contributed by atoms with E-state index in [0.717, 1.165) is 16.8 Å². The van der Waals surface area contributed by atoms with Crippen molar-refractivity contribution in [2.24, 2.45) is 0 Å². The number of nitrogens with zero attached hydrogens (tertiary/aromatic N) is 2. The quantitative estimate of drug-likeness (QED) is 0.330. The molecule has 4 rings (SSSR count). The fourth-order valence-electron chi connectivity index (χ4n) is 2.97. The van der Waals surface area contributed by atoms with Crippen molar-refractivity contribution in [1.29, 1.82) is 0 Å². The van der Waals surface area contributed by atoms with Gasteiger partial charge in [-0.3, -0.25) is 0 Å². The molecule has 2 heterocycles. The fraction of sp³-hybridized carbons (Fsp3) is 0.130. The van der Waals surface area contributed by atoms with Gasteiger partial charge >= 0.3 is 0 Å². The van der Waals surface area contributed by atoms with Crippen molar-refractivity contribution in [3.8, 4) is 28.3 Å². The number of rotatable bonds is 8. The van der Waals surface area contributed by atoms with Gasteiger partial charge in [-0.15, -0.1) is 0 Å². The van der Waals surface area contributed by atoms with E-state index in [-0.39, 0.29) is 19.0 Å². The molecule has 2 aromatic carbocycles. The zero-order valence-corrected chi connectivity index (χ0v) is 18.4. The van der Waals surface area contributed by atoms with Crippen molar-refractivity contribution >= 4 is 29.2 Å². The molecule has 2 aromatic heterocycles. The normalized spacial score (nSPS) is 11.0. The predicted octanol–water partition coefficient (Wildman–Crippen LogP) is 5.44. The molecule has 32 heavy (non-hydrogen) atoms. The average molecular weight is 472 g/mol. The number of hydrogen-bond donors (Lipinski definition) is 2. The van der Waals surface area contributed by atoms with Crippen molar-refractivity contribution in [3.63, 3.8) is 0 Å². The molecule has 9 heteroatoms. The number of pyridine rings is 1. The summed E-state index contributed by atoms with van der Waals surface area (Å²) in [5.41, 5.74) is 8.94. The standard InChI is InChI=1S/C23H19ClFN3O3S/c24-17-4-1-14(2-5-17)23-27-18(12-31-23)13-32-22-11-16(10-21(26)28-22)15-3-6-20(19(25)9-15)30-8-7-29/h1-6,9-12,29H,7-8,13H2,(H2,26,28). The van der Waals surface area contributed by atoms with Gasteiger partial charge in [0.1, 0.15) is 18.7 Å². The van der Waals surface area contributed by atoms with Gasteiger partial charge in [0.05, 0.1) is 17.3 Å². The van der Waals surface area contributed by atoms with Crippen LogP contribution < -0.4 is 10.5 Å². The Bertz CT molecular complexity index is 1220. The third-order valence-corrected chi connectivity index (χ3v) is 5.64. The number of oxazole rings is 1. The number of aliphatic hydroxyl groups is 1. The number of ether oxygens (including phenoxy) is 1. The third kappa shape index (κ3) is 5.40. The first kappa shape index (κ1) is 22.1. The number of benzene rings is 2. The van der Waals surface area contributed by atoms with Gasteiger partial charge in [-0.05, 0) is 59.7 Å². The molecule has 0 bridgehead atoms. The molecule has 0 saturated carbocycles. The monoisotopic (exact) mass is 471 g/mol. The second-order valence-electron chi connectivity index (χ2n) is 6.78. The summed E-state index contributed by atoms with van der Waals surface area (Å²) in [6.45, 7) is -0.156. The predicted molar refractivity (Wildman–Crippen MR) is 123 cm³/mol. The Balaban J connectivity index is 1.48. The van der Waals surface area contributed by atoms with E-state index in [4.69, 9.17) is 31.6 Å². The largest absolute Gasteiger partial charge is 0.488 e. The van der Waals surface area contributed by atoms with Crippen LogP contribution in [0.15, 0.2) is 70.3 Å². The van der Waals surface area contributed by atoms with Crippen molar-refractivity contribution in [2.75, 3.05) is 18.9 Å². The van der Waals surface area contributed by atoms with Crippen LogP contribution in [-0.2, 0) is 5.75 Å².